The molecule has 1 aromatic carbocycles. The third kappa shape index (κ3) is 3.88. The number of ether oxygens (including phenoxy) is 1. The van der Waals surface area contributed by atoms with Gasteiger partial charge in [-0.1, -0.05) is 11.6 Å². The molecule has 0 amide bonds. The highest BCUT2D eigenvalue weighted by Gasteiger charge is 2.25. The number of benzene rings is 1. The topological polar surface area (TPSA) is 67.4 Å². The van der Waals surface area contributed by atoms with Gasteiger partial charge in [-0.05, 0) is 44.0 Å². The van der Waals surface area contributed by atoms with Crippen LogP contribution in [0, 0.1) is 0 Å². The lowest BCUT2D eigenvalue weighted by Gasteiger charge is -2.28. The largest absolute Gasteiger partial charge is 0.496 e. The monoisotopic (exact) mass is 332 g/mol. The average molecular weight is 333 g/mol. The maximum atomic E-state index is 11.5. The zero-order valence-electron chi connectivity index (χ0n) is 12.3. The van der Waals surface area contributed by atoms with E-state index in [-0.39, 0.29) is 11.8 Å². The summed E-state index contributed by atoms with van der Waals surface area (Å²) in [7, 11) is -0.114. The van der Waals surface area contributed by atoms with Crippen molar-refractivity contribution in [1.29, 1.82) is 0 Å². The number of rotatable bonds is 6. The van der Waals surface area contributed by atoms with E-state index in [0.717, 1.165) is 36.1 Å². The summed E-state index contributed by atoms with van der Waals surface area (Å²) in [6.07, 6.45) is 2.91. The van der Waals surface area contributed by atoms with Gasteiger partial charge < -0.3 is 10.1 Å². The summed E-state index contributed by atoms with van der Waals surface area (Å²) in [6.45, 7) is 0.390. The normalized spacial score (nSPS) is 18.3. The van der Waals surface area contributed by atoms with Gasteiger partial charge in [0.15, 0.2) is 0 Å². The van der Waals surface area contributed by atoms with Gasteiger partial charge in [-0.25, -0.2) is 13.1 Å². The van der Waals surface area contributed by atoms with Gasteiger partial charge >= 0.3 is 0 Å². The molecule has 2 N–H and O–H groups in total. The summed E-state index contributed by atoms with van der Waals surface area (Å²) in [5.41, 5.74) is 2.18. The van der Waals surface area contributed by atoms with E-state index in [1.165, 1.54) is 7.05 Å². The van der Waals surface area contributed by atoms with Crippen LogP contribution in [0.2, 0.25) is 5.02 Å². The smallest absolute Gasteiger partial charge is 0.212 e. The highest BCUT2D eigenvalue weighted by atomic mass is 35.5. The van der Waals surface area contributed by atoms with E-state index >= 15 is 0 Å². The second kappa shape index (κ2) is 6.96. The molecule has 5 nitrogen and oxygen atoms in total. The summed E-state index contributed by atoms with van der Waals surface area (Å²) in [6, 6.07) is 3.79. The number of nitrogens with one attached hydrogen (secondary N) is 2. The number of methoxy groups -OCH3 is 1. The molecule has 7 heteroatoms. The number of hydrogen-bond donors (Lipinski definition) is 2. The first-order chi connectivity index (χ1) is 9.98. The number of fused-ring (bicyclic) bond motifs is 1. The Kier molecular flexibility index (Phi) is 5.48. The van der Waals surface area contributed by atoms with Crippen LogP contribution < -0.4 is 14.8 Å². The fraction of sp³-hybridized carbons (Fsp3) is 0.571. The molecule has 1 aliphatic rings. The SMILES string of the molecule is CNS(=O)(=O)CCNC1CCCc2c(OC)ccc(Cl)c21. The minimum Gasteiger partial charge on any atom is -0.496 e. The third-order valence-electron chi connectivity index (χ3n) is 3.82. The molecule has 1 atom stereocenters. The minimum atomic E-state index is -3.19. The number of halogens is 1. The van der Waals surface area contributed by atoms with Crippen LogP contribution in [0.3, 0.4) is 0 Å². The van der Waals surface area contributed by atoms with Gasteiger partial charge in [0.05, 0.1) is 12.9 Å². The summed E-state index contributed by atoms with van der Waals surface area (Å²) in [5, 5.41) is 4.01. The van der Waals surface area contributed by atoms with Gasteiger partial charge in [-0.15, -0.1) is 0 Å². The lowest BCUT2D eigenvalue weighted by molar-refractivity contribution is 0.397. The average Bonchev–Trinajstić information content (AvgIpc) is 2.47. The second-order valence-electron chi connectivity index (χ2n) is 5.06. The Morgan fingerprint density at radius 2 is 2.19 bits per heavy atom. The summed E-state index contributed by atoms with van der Waals surface area (Å²) >= 11 is 6.34. The fourth-order valence-electron chi connectivity index (χ4n) is 2.74. The standard InChI is InChI=1S/C14H21ClN2O3S/c1-16-21(18,19)9-8-17-12-5-3-4-10-13(20-2)7-6-11(15)14(10)12/h6-7,12,16-17H,3-5,8-9H2,1-2H3. The molecule has 0 aliphatic heterocycles. The van der Waals surface area contributed by atoms with Crippen molar-refractivity contribution in [2.45, 2.75) is 25.3 Å². The Morgan fingerprint density at radius 1 is 1.43 bits per heavy atom. The van der Waals surface area contributed by atoms with Crippen molar-refractivity contribution < 1.29 is 13.2 Å². The predicted octanol–water partition coefficient (Wildman–Crippen LogP) is 1.86. The van der Waals surface area contributed by atoms with Crippen molar-refractivity contribution >= 4 is 21.6 Å². The van der Waals surface area contributed by atoms with Crippen LogP contribution in [0.15, 0.2) is 12.1 Å². The molecular formula is C14H21ClN2O3S. The van der Waals surface area contributed by atoms with E-state index in [0.29, 0.717) is 11.6 Å². The second-order valence-corrected chi connectivity index (χ2v) is 7.52. The van der Waals surface area contributed by atoms with Crippen molar-refractivity contribution in [2.24, 2.45) is 0 Å². The molecule has 1 aliphatic carbocycles. The van der Waals surface area contributed by atoms with Crippen LogP contribution in [0.1, 0.15) is 30.0 Å². The third-order valence-corrected chi connectivity index (χ3v) is 5.51. The zero-order chi connectivity index (χ0) is 15.5. The van der Waals surface area contributed by atoms with Crippen molar-refractivity contribution in [3.8, 4) is 5.75 Å². The maximum Gasteiger partial charge on any atom is 0.212 e. The molecule has 21 heavy (non-hydrogen) atoms. The Hall–Kier alpha value is -0.820. The summed E-state index contributed by atoms with van der Waals surface area (Å²) in [4.78, 5) is 0. The molecule has 1 aromatic rings. The quantitative estimate of drug-likeness (QED) is 0.834. The molecule has 0 spiro atoms. The highest BCUT2D eigenvalue weighted by Crippen LogP contribution is 2.39. The lowest BCUT2D eigenvalue weighted by atomic mass is 9.87. The zero-order valence-corrected chi connectivity index (χ0v) is 13.9. The number of sulfonamides is 1. The van der Waals surface area contributed by atoms with Crippen LogP contribution in [0.4, 0.5) is 0 Å². The highest BCUT2D eigenvalue weighted by molar-refractivity contribution is 7.89. The van der Waals surface area contributed by atoms with Crippen molar-refractivity contribution in [3.63, 3.8) is 0 Å². The molecule has 2 rings (SSSR count). The first kappa shape index (κ1) is 16.5. The summed E-state index contributed by atoms with van der Waals surface area (Å²) in [5.74, 6) is 0.903. The van der Waals surface area contributed by atoms with Crippen LogP contribution in [-0.2, 0) is 16.4 Å². The lowest BCUT2D eigenvalue weighted by Crippen LogP contribution is -2.33. The van der Waals surface area contributed by atoms with E-state index in [2.05, 4.69) is 10.0 Å². The maximum absolute atomic E-state index is 11.5. The van der Waals surface area contributed by atoms with Gasteiger partial charge in [0, 0.05) is 23.2 Å². The molecule has 0 aromatic heterocycles. The van der Waals surface area contributed by atoms with E-state index in [9.17, 15) is 8.42 Å². The number of hydrogen-bond acceptors (Lipinski definition) is 4. The molecule has 0 heterocycles. The van der Waals surface area contributed by atoms with Crippen LogP contribution in [-0.4, -0.2) is 34.9 Å². The van der Waals surface area contributed by atoms with Crippen molar-refractivity contribution in [1.82, 2.24) is 10.0 Å². The molecule has 0 bridgehead atoms. The van der Waals surface area contributed by atoms with Gasteiger partial charge in [0.25, 0.3) is 0 Å². The van der Waals surface area contributed by atoms with Gasteiger partial charge in [-0.3, -0.25) is 0 Å². The van der Waals surface area contributed by atoms with Gasteiger partial charge in [-0.2, -0.15) is 0 Å². The molecule has 1 unspecified atom stereocenters. The Morgan fingerprint density at radius 3 is 2.86 bits per heavy atom. The van der Waals surface area contributed by atoms with Crippen molar-refractivity contribution in [2.75, 3.05) is 26.5 Å². The molecule has 0 saturated carbocycles. The first-order valence-electron chi connectivity index (χ1n) is 6.98. The van der Waals surface area contributed by atoms with E-state index < -0.39 is 10.0 Å². The predicted molar refractivity (Wildman–Crippen MR) is 84.5 cm³/mol. The molecule has 118 valence electrons. The van der Waals surface area contributed by atoms with Crippen molar-refractivity contribution in [3.05, 3.63) is 28.3 Å². The minimum absolute atomic E-state index is 0.0525. The van der Waals surface area contributed by atoms with Gasteiger partial charge in [0.2, 0.25) is 10.0 Å². The Labute approximate surface area is 131 Å². The van der Waals surface area contributed by atoms with E-state index in [1.54, 1.807) is 7.11 Å². The van der Waals surface area contributed by atoms with E-state index in [1.807, 2.05) is 12.1 Å². The Balaban J connectivity index is 2.15. The van der Waals surface area contributed by atoms with E-state index in [4.69, 9.17) is 16.3 Å². The molecule has 0 saturated heterocycles. The van der Waals surface area contributed by atoms with Crippen LogP contribution in [0.5, 0.6) is 5.75 Å². The molecule has 0 fully saturated rings. The Bertz CT molecular complexity index is 604. The summed E-state index contributed by atoms with van der Waals surface area (Å²) < 4.78 is 30.6. The van der Waals surface area contributed by atoms with Gasteiger partial charge in [0.1, 0.15) is 5.75 Å². The first-order valence-corrected chi connectivity index (χ1v) is 9.01. The fourth-order valence-corrected chi connectivity index (χ4v) is 3.64. The van der Waals surface area contributed by atoms with Crippen LogP contribution >= 0.6 is 11.6 Å². The van der Waals surface area contributed by atoms with Crippen LogP contribution in [0.25, 0.3) is 0 Å². The molecular weight excluding hydrogens is 312 g/mol. The molecule has 0 radical (unpaired) electrons.